The zero-order chi connectivity index (χ0) is 12.8. The molecular formula is C16H33N. The van der Waals surface area contributed by atoms with Crippen LogP contribution in [0.15, 0.2) is 0 Å². The van der Waals surface area contributed by atoms with E-state index in [9.17, 15) is 0 Å². The second-order valence-corrected chi connectivity index (χ2v) is 6.56. The second-order valence-electron chi connectivity index (χ2n) is 6.56. The van der Waals surface area contributed by atoms with Crippen molar-refractivity contribution in [1.82, 2.24) is 5.32 Å². The maximum absolute atomic E-state index is 3.90. The minimum Gasteiger partial charge on any atom is -0.311 e. The zero-order valence-corrected chi connectivity index (χ0v) is 12.6. The second kappa shape index (κ2) is 7.41. The van der Waals surface area contributed by atoms with Crippen LogP contribution in [0.4, 0.5) is 0 Å². The Morgan fingerprint density at radius 1 is 1.06 bits per heavy atom. The Bertz CT molecular complexity index is 196. The van der Waals surface area contributed by atoms with Gasteiger partial charge in [0.05, 0.1) is 0 Å². The summed E-state index contributed by atoms with van der Waals surface area (Å²) in [5.41, 5.74) is 0. The van der Waals surface area contributed by atoms with Crippen molar-refractivity contribution < 1.29 is 0 Å². The highest BCUT2D eigenvalue weighted by Crippen LogP contribution is 2.41. The molecular weight excluding hydrogens is 206 g/mol. The van der Waals surface area contributed by atoms with Crippen molar-refractivity contribution in [2.45, 2.75) is 85.2 Å². The van der Waals surface area contributed by atoms with Gasteiger partial charge in [0, 0.05) is 12.1 Å². The first kappa shape index (κ1) is 15.0. The van der Waals surface area contributed by atoms with E-state index in [1.165, 1.54) is 38.5 Å². The van der Waals surface area contributed by atoms with E-state index in [1.54, 1.807) is 0 Å². The van der Waals surface area contributed by atoms with E-state index in [0.29, 0.717) is 0 Å². The molecule has 1 rings (SSSR count). The molecule has 0 aromatic heterocycles. The molecule has 0 aromatic carbocycles. The maximum atomic E-state index is 3.90. The van der Waals surface area contributed by atoms with Crippen molar-refractivity contribution >= 4 is 0 Å². The third kappa shape index (κ3) is 5.90. The largest absolute Gasteiger partial charge is 0.311 e. The van der Waals surface area contributed by atoms with Gasteiger partial charge >= 0.3 is 0 Å². The smallest absolute Gasteiger partial charge is 0.00724 e. The highest BCUT2D eigenvalue weighted by atomic mass is 14.9. The summed E-state index contributed by atoms with van der Waals surface area (Å²) >= 11 is 0. The fourth-order valence-electron chi connectivity index (χ4n) is 2.75. The molecule has 0 bridgehead atoms. The van der Waals surface area contributed by atoms with Gasteiger partial charge in [-0.05, 0) is 56.3 Å². The Balaban J connectivity index is 2.34. The normalized spacial score (nSPS) is 25.6. The van der Waals surface area contributed by atoms with Crippen LogP contribution >= 0.6 is 0 Å². The minimum atomic E-state index is 0.737. The Morgan fingerprint density at radius 3 is 2.06 bits per heavy atom. The first-order valence-electron chi connectivity index (χ1n) is 7.82. The summed E-state index contributed by atoms with van der Waals surface area (Å²) in [4.78, 5) is 0. The van der Waals surface area contributed by atoms with Crippen molar-refractivity contribution in [3.05, 3.63) is 0 Å². The summed E-state index contributed by atoms with van der Waals surface area (Å²) in [5, 5.41) is 3.90. The summed E-state index contributed by atoms with van der Waals surface area (Å²) < 4.78 is 0. The third-order valence-corrected chi connectivity index (χ3v) is 4.41. The molecule has 17 heavy (non-hydrogen) atoms. The molecule has 0 amide bonds. The van der Waals surface area contributed by atoms with E-state index in [1.807, 2.05) is 0 Å². The average Bonchev–Trinajstić information content (AvgIpc) is 2.98. The van der Waals surface area contributed by atoms with E-state index >= 15 is 0 Å². The van der Waals surface area contributed by atoms with Gasteiger partial charge in [0.1, 0.15) is 0 Å². The topological polar surface area (TPSA) is 12.0 Å². The van der Waals surface area contributed by atoms with Crippen molar-refractivity contribution in [3.8, 4) is 0 Å². The predicted molar refractivity (Wildman–Crippen MR) is 77.3 cm³/mol. The van der Waals surface area contributed by atoms with Gasteiger partial charge in [0.25, 0.3) is 0 Å². The summed E-state index contributed by atoms with van der Waals surface area (Å²) in [6.45, 7) is 11.7. The number of hydrogen-bond acceptors (Lipinski definition) is 1. The molecule has 1 heteroatoms. The standard InChI is InChI=1S/C16H33N/c1-6-15(7-2)17-16(9-8-12(3)4)11-14-10-13(14)5/h12-17H,6-11H2,1-5H3. The molecule has 1 N–H and O–H groups in total. The lowest BCUT2D eigenvalue weighted by atomic mass is 9.97. The molecule has 0 aliphatic heterocycles. The molecule has 0 heterocycles. The van der Waals surface area contributed by atoms with E-state index in [2.05, 4.69) is 39.9 Å². The van der Waals surface area contributed by atoms with Gasteiger partial charge in [-0.3, -0.25) is 0 Å². The molecule has 0 aromatic rings. The van der Waals surface area contributed by atoms with Crippen molar-refractivity contribution in [1.29, 1.82) is 0 Å². The zero-order valence-electron chi connectivity index (χ0n) is 12.6. The molecule has 3 atom stereocenters. The molecule has 102 valence electrons. The Morgan fingerprint density at radius 2 is 1.65 bits per heavy atom. The molecule has 1 fully saturated rings. The Labute approximate surface area is 109 Å². The monoisotopic (exact) mass is 239 g/mol. The van der Waals surface area contributed by atoms with Gasteiger partial charge in [-0.25, -0.2) is 0 Å². The Hall–Kier alpha value is -0.0400. The van der Waals surface area contributed by atoms with Crippen molar-refractivity contribution in [2.24, 2.45) is 17.8 Å². The van der Waals surface area contributed by atoms with Crippen molar-refractivity contribution in [3.63, 3.8) is 0 Å². The van der Waals surface area contributed by atoms with Crippen LogP contribution in [0.3, 0.4) is 0 Å². The Kier molecular flexibility index (Phi) is 6.54. The maximum Gasteiger partial charge on any atom is 0.00724 e. The van der Waals surface area contributed by atoms with Crippen LogP contribution in [0, 0.1) is 17.8 Å². The van der Waals surface area contributed by atoms with Gasteiger partial charge in [-0.15, -0.1) is 0 Å². The summed E-state index contributed by atoms with van der Waals surface area (Å²) in [6, 6.07) is 1.51. The molecule has 1 aliphatic carbocycles. The van der Waals surface area contributed by atoms with E-state index < -0.39 is 0 Å². The van der Waals surface area contributed by atoms with Crippen LogP contribution in [-0.2, 0) is 0 Å². The minimum absolute atomic E-state index is 0.737. The lowest BCUT2D eigenvalue weighted by Gasteiger charge is -2.25. The van der Waals surface area contributed by atoms with E-state index in [4.69, 9.17) is 0 Å². The van der Waals surface area contributed by atoms with Crippen LogP contribution < -0.4 is 5.32 Å². The molecule has 1 nitrogen and oxygen atoms in total. The highest BCUT2D eigenvalue weighted by Gasteiger charge is 2.34. The van der Waals surface area contributed by atoms with Gasteiger partial charge in [0.2, 0.25) is 0 Å². The highest BCUT2D eigenvalue weighted by molar-refractivity contribution is 4.87. The number of nitrogens with one attached hydrogen (secondary N) is 1. The first-order valence-corrected chi connectivity index (χ1v) is 7.82. The molecule has 0 saturated heterocycles. The van der Waals surface area contributed by atoms with E-state index in [-0.39, 0.29) is 0 Å². The first-order chi connectivity index (χ1) is 8.06. The van der Waals surface area contributed by atoms with Crippen LogP contribution in [0.25, 0.3) is 0 Å². The predicted octanol–water partition coefficient (Wildman–Crippen LogP) is 4.62. The molecule has 0 radical (unpaired) electrons. The average molecular weight is 239 g/mol. The van der Waals surface area contributed by atoms with Crippen LogP contribution in [-0.4, -0.2) is 12.1 Å². The fourth-order valence-corrected chi connectivity index (χ4v) is 2.75. The SMILES string of the molecule is CCC(CC)NC(CCC(C)C)CC1CC1C. The van der Waals surface area contributed by atoms with Gasteiger partial charge in [0.15, 0.2) is 0 Å². The summed E-state index contributed by atoms with van der Waals surface area (Å²) in [5.74, 6) is 2.87. The molecule has 1 saturated carbocycles. The number of rotatable bonds is 9. The molecule has 3 unspecified atom stereocenters. The van der Waals surface area contributed by atoms with Crippen LogP contribution in [0.1, 0.15) is 73.1 Å². The van der Waals surface area contributed by atoms with Gasteiger partial charge in [-0.1, -0.05) is 34.6 Å². The lowest BCUT2D eigenvalue weighted by Crippen LogP contribution is -2.38. The van der Waals surface area contributed by atoms with Crippen LogP contribution in [0.5, 0.6) is 0 Å². The van der Waals surface area contributed by atoms with Crippen LogP contribution in [0.2, 0.25) is 0 Å². The van der Waals surface area contributed by atoms with Crippen molar-refractivity contribution in [2.75, 3.05) is 0 Å². The molecule has 0 spiro atoms. The fraction of sp³-hybridized carbons (Fsp3) is 1.00. The third-order valence-electron chi connectivity index (χ3n) is 4.41. The lowest BCUT2D eigenvalue weighted by molar-refractivity contribution is 0.339. The molecule has 1 aliphatic rings. The van der Waals surface area contributed by atoms with Gasteiger partial charge in [-0.2, -0.15) is 0 Å². The summed E-state index contributed by atoms with van der Waals surface area (Å²) in [6.07, 6.45) is 8.19. The summed E-state index contributed by atoms with van der Waals surface area (Å²) in [7, 11) is 0. The van der Waals surface area contributed by atoms with Gasteiger partial charge < -0.3 is 5.32 Å². The van der Waals surface area contributed by atoms with E-state index in [0.717, 1.165) is 29.8 Å². The quantitative estimate of drug-likeness (QED) is 0.619. The number of hydrogen-bond donors (Lipinski definition) is 1.